The highest BCUT2D eigenvalue weighted by atomic mass is 16.5. The second-order valence-corrected chi connectivity index (χ2v) is 4.33. The molecule has 0 aliphatic carbocycles. The standard InChI is InChI=1S/C15H16N2O3/c18-15(19)13-9-16-11-17-14(13)10-20-8-4-7-12-5-2-1-3-6-12/h1-3,5-6,9,11H,4,7-8,10H2,(H,18,19). The summed E-state index contributed by atoms with van der Waals surface area (Å²) in [6, 6.07) is 10.2. The normalized spacial score (nSPS) is 10.4. The average Bonchev–Trinajstić information content (AvgIpc) is 2.48. The topological polar surface area (TPSA) is 72.3 Å². The van der Waals surface area contributed by atoms with Crippen LogP contribution in [0.2, 0.25) is 0 Å². The Labute approximate surface area is 117 Å². The second kappa shape index (κ2) is 7.35. The van der Waals surface area contributed by atoms with E-state index in [9.17, 15) is 4.79 Å². The third kappa shape index (κ3) is 4.13. The van der Waals surface area contributed by atoms with Crippen molar-refractivity contribution in [1.29, 1.82) is 0 Å². The van der Waals surface area contributed by atoms with Crippen molar-refractivity contribution < 1.29 is 14.6 Å². The smallest absolute Gasteiger partial charge is 0.339 e. The molecular formula is C15H16N2O3. The van der Waals surface area contributed by atoms with Gasteiger partial charge < -0.3 is 9.84 Å². The van der Waals surface area contributed by atoms with Crippen molar-refractivity contribution >= 4 is 5.97 Å². The molecule has 0 amide bonds. The first kappa shape index (κ1) is 14.1. The molecule has 0 saturated carbocycles. The molecule has 0 aliphatic heterocycles. The van der Waals surface area contributed by atoms with Crippen molar-refractivity contribution in [2.45, 2.75) is 19.4 Å². The Bertz CT molecular complexity index is 558. The molecule has 1 aromatic heterocycles. The molecule has 20 heavy (non-hydrogen) atoms. The number of carbonyl (C=O) groups is 1. The number of hydrogen-bond acceptors (Lipinski definition) is 4. The lowest BCUT2D eigenvalue weighted by atomic mass is 10.1. The van der Waals surface area contributed by atoms with Crippen molar-refractivity contribution in [3.05, 3.63) is 59.7 Å². The number of nitrogens with zero attached hydrogens (tertiary/aromatic N) is 2. The van der Waals surface area contributed by atoms with Gasteiger partial charge in [0.15, 0.2) is 0 Å². The molecule has 2 rings (SSSR count). The number of aromatic nitrogens is 2. The van der Waals surface area contributed by atoms with E-state index in [4.69, 9.17) is 9.84 Å². The maximum Gasteiger partial charge on any atom is 0.339 e. The van der Waals surface area contributed by atoms with Crippen LogP contribution in [-0.2, 0) is 17.8 Å². The van der Waals surface area contributed by atoms with Gasteiger partial charge in [-0.15, -0.1) is 0 Å². The van der Waals surface area contributed by atoms with E-state index in [2.05, 4.69) is 22.1 Å². The maximum atomic E-state index is 11.0. The Hall–Kier alpha value is -2.27. The average molecular weight is 272 g/mol. The lowest BCUT2D eigenvalue weighted by Crippen LogP contribution is -2.08. The molecule has 0 radical (unpaired) electrons. The molecule has 0 aliphatic rings. The van der Waals surface area contributed by atoms with Crippen LogP contribution in [0.25, 0.3) is 0 Å². The van der Waals surface area contributed by atoms with Crippen LogP contribution >= 0.6 is 0 Å². The predicted octanol–water partition coefficient (Wildman–Crippen LogP) is 2.32. The van der Waals surface area contributed by atoms with Gasteiger partial charge in [0.05, 0.1) is 12.3 Å². The molecule has 0 bridgehead atoms. The van der Waals surface area contributed by atoms with Crippen molar-refractivity contribution in [2.24, 2.45) is 0 Å². The van der Waals surface area contributed by atoms with E-state index in [1.54, 1.807) is 0 Å². The number of hydrogen-bond donors (Lipinski definition) is 1. The Balaban J connectivity index is 1.75. The molecule has 5 heteroatoms. The summed E-state index contributed by atoms with van der Waals surface area (Å²) in [4.78, 5) is 18.6. The number of rotatable bonds is 7. The fourth-order valence-electron chi connectivity index (χ4n) is 1.84. The molecule has 1 N–H and O–H groups in total. The second-order valence-electron chi connectivity index (χ2n) is 4.33. The third-order valence-corrected chi connectivity index (χ3v) is 2.86. The van der Waals surface area contributed by atoms with Crippen LogP contribution in [0, 0.1) is 0 Å². The maximum absolute atomic E-state index is 11.0. The van der Waals surface area contributed by atoms with Gasteiger partial charge in [-0.2, -0.15) is 0 Å². The molecule has 0 atom stereocenters. The van der Waals surface area contributed by atoms with Crippen LogP contribution in [-0.4, -0.2) is 27.7 Å². The van der Waals surface area contributed by atoms with E-state index in [1.807, 2.05) is 18.2 Å². The number of ether oxygens (including phenoxy) is 1. The summed E-state index contributed by atoms with van der Waals surface area (Å²) >= 11 is 0. The van der Waals surface area contributed by atoms with Gasteiger partial charge in [-0.1, -0.05) is 30.3 Å². The molecule has 0 unspecified atom stereocenters. The van der Waals surface area contributed by atoms with Crippen LogP contribution in [0.1, 0.15) is 28.0 Å². The molecule has 5 nitrogen and oxygen atoms in total. The van der Waals surface area contributed by atoms with Crippen molar-refractivity contribution in [2.75, 3.05) is 6.61 Å². The minimum atomic E-state index is -1.03. The van der Waals surface area contributed by atoms with Crippen molar-refractivity contribution in [3.8, 4) is 0 Å². The highest BCUT2D eigenvalue weighted by Gasteiger charge is 2.10. The summed E-state index contributed by atoms with van der Waals surface area (Å²) < 4.78 is 5.48. The summed E-state index contributed by atoms with van der Waals surface area (Å²) in [7, 11) is 0. The summed E-state index contributed by atoms with van der Waals surface area (Å²) in [6.07, 6.45) is 4.45. The molecule has 1 heterocycles. The van der Waals surface area contributed by atoms with Gasteiger partial charge in [0, 0.05) is 12.8 Å². The van der Waals surface area contributed by atoms with Crippen LogP contribution in [0.15, 0.2) is 42.9 Å². The predicted molar refractivity (Wildman–Crippen MR) is 73.4 cm³/mol. The molecule has 104 valence electrons. The quantitative estimate of drug-likeness (QED) is 0.783. The fourth-order valence-corrected chi connectivity index (χ4v) is 1.84. The highest BCUT2D eigenvalue weighted by Crippen LogP contribution is 2.07. The SMILES string of the molecule is O=C(O)c1cncnc1COCCCc1ccccc1. The van der Waals surface area contributed by atoms with Crippen molar-refractivity contribution in [1.82, 2.24) is 9.97 Å². The fraction of sp³-hybridized carbons (Fsp3) is 0.267. The van der Waals surface area contributed by atoms with Crippen LogP contribution in [0.3, 0.4) is 0 Å². The highest BCUT2D eigenvalue weighted by molar-refractivity contribution is 5.88. The number of carboxylic acid groups (broad SMARTS) is 1. The molecule has 0 spiro atoms. The Morgan fingerprint density at radius 2 is 2.05 bits per heavy atom. The third-order valence-electron chi connectivity index (χ3n) is 2.86. The van der Waals surface area contributed by atoms with Gasteiger partial charge in [0.25, 0.3) is 0 Å². The van der Waals surface area contributed by atoms with Crippen LogP contribution in [0.4, 0.5) is 0 Å². The zero-order chi connectivity index (χ0) is 14.2. The minimum absolute atomic E-state index is 0.0931. The lowest BCUT2D eigenvalue weighted by Gasteiger charge is -2.06. The van der Waals surface area contributed by atoms with E-state index in [-0.39, 0.29) is 12.2 Å². The summed E-state index contributed by atoms with van der Waals surface area (Å²) in [5.74, 6) is -1.03. The molecule has 1 aromatic carbocycles. The molecular weight excluding hydrogens is 256 g/mol. The van der Waals surface area contributed by atoms with Gasteiger partial charge in [0.1, 0.15) is 11.9 Å². The first-order valence-electron chi connectivity index (χ1n) is 6.41. The summed E-state index contributed by atoms with van der Waals surface area (Å²) in [5, 5.41) is 8.98. The van der Waals surface area contributed by atoms with E-state index >= 15 is 0 Å². The minimum Gasteiger partial charge on any atom is -0.478 e. The Kier molecular flexibility index (Phi) is 5.20. The summed E-state index contributed by atoms with van der Waals surface area (Å²) in [5.41, 5.74) is 1.77. The van der Waals surface area contributed by atoms with Crippen LogP contribution < -0.4 is 0 Å². The number of carboxylic acids is 1. The first-order valence-corrected chi connectivity index (χ1v) is 6.41. The number of aryl methyl sites for hydroxylation is 1. The zero-order valence-electron chi connectivity index (χ0n) is 11.0. The zero-order valence-corrected chi connectivity index (χ0v) is 11.0. The van der Waals surface area contributed by atoms with Gasteiger partial charge in [0.2, 0.25) is 0 Å². The Morgan fingerprint density at radius 1 is 1.25 bits per heavy atom. The van der Waals surface area contributed by atoms with Crippen molar-refractivity contribution in [3.63, 3.8) is 0 Å². The van der Waals surface area contributed by atoms with Gasteiger partial charge in [-0.3, -0.25) is 0 Å². The molecule has 0 fully saturated rings. The largest absolute Gasteiger partial charge is 0.478 e. The molecule has 2 aromatic rings. The first-order chi connectivity index (χ1) is 9.77. The van der Waals surface area contributed by atoms with E-state index in [0.717, 1.165) is 12.8 Å². The molecule has 0 saturated heterocycles. The van der Waals surface area contributed by atoms with Gasteiger partial charge >= 0.3 is 5.97 Å². The number of aromatic carboxylic acids is 1. The number of benzene rings is 1. The lowest BCUT2D eigenvalue weighted by molar-refractivity contribution is 0.0684. The van der Waals surface area contributed by atoms with E-state index in [0.29, 0.717) is 12.3 Å². The summed E-state index contributed by atoms with van der Waals surface area (Å²) in [6.45, 7) is 0.761. The van der Waals surface area contributed by atoms with E-state index < -0.39 is 5.97 Å². The van der Waals surface area contributed by atoms with Crippen LogP contribution in [0.5, 0.6) is 0 Å². The monoisotopic (exact) mass is 272 g/mol. The Morgan fingerprint density at radius 3 is 2.80 bits per heavy atom. The van der Waals surface area contributed by atoms with Gasteiger partial charge in [-0.05, 0) is 18.4 Å². The van der Waals surface area contributed by atoms with Gasteiger partial charge in [-0.25, -0.2) is 14.8 Å². The van der Waals surface area contributed by atoms with E-state index in [1.165, 1.54) is 18.1 Å².